The van der Waals surface area contributed by atoms with Gasteiger partial charge in [-0.05, 0) is 30.7 Å². The number of halogens is 1. The van der Waals surface area contributed by atoms with E-state index in [0.717, 1.165) is 21.3 Å². The van der Waals surface area contributed by atoms with E-state index in [-0.39, 0.29) is 12.1 Å². The minimum absolute atomic E-state index is 0.177. The quantitative estimate of drug-likeness (QED) is 0.540. The summed E-state index contributed by atoms with van der Waals surface area (Å²) in [6, 6.07) is 17.3. The third-order valence-corrected chi connectivity index (χ3v) is 5.05. The van der Waals surface area contributed by atoms with E-state index in [9.17, 15) is 9.90 Å². The fraction of sp³-hybridized carbons (Fsp3) is 0.143. The van der Waals surface area contributed by atoms with Crippen molar-refractivity contribution in [2.75, 3.05) is 0 Å². The molecule has 6 heteroatoms. The summed E-state index contributed by atoms with van der Waals surface area (Å²) in [5.41, 5.74) is 3.94. The van der Waals surface area contributed by atoms with Crippen molar-refractivity contribution in [1.82, 2.24) is 14.2 Å². The Morgan fingerprint density at radius 1 is 1.11 bits per heavy atom. The van der Waals surface area contributed by atoms with E-state index in [1.165, 1.54) is 10.1 Å². The molecule has 0 spiro atoms. The molecule has 0 aliphatic carbocycles. The van der Waals surface area contributed by atoms with Crippen molar-refractivity contribution in [2.45, 2.75) is 19.6 Å². The van der Waals surface area contributed by atoms with Crippen molar-refractivity contribution in [3.63, 3.8) is 0 Å². The number of fused-ring (bicyclic) bond motifs is 1. The van der Waals surface area contributed by atoms with Gasteiger partial charge in [-0.3, -0.25) is 4.79 Å². The summed E-state index contributed by atoms with van der Waals surface area (Å²) in [7, 11) is 0. The Labute approximate surface area is 164 Å². The standard InChI is InChI=1S/C21H18BrN3O2/c1-14-5-7-15(8-6-14)18-12-19-21(27)24(9-10-25(19)23-18)13-20(26)16-3-2-4-17(22)11-16/h2-12,20,26H,13H2,1H3/t20-/m0/s1. The number of hydrogen-bond acceptors (Lipinski definition) is 3. The molecule has 0 unspecified atom stereocenters. The van der Waals surface area contributed by atoms with Crippen molar-refractivity contribution >= 4 is 21.4 Å². The molecule has 2 aromatic heterocycles. The molecule has 5 nitrogen and oxygen atoms in total. The first kappa shape index (κ1) is 17.7. The van der Waals surface area contributed by atoms with Crippen molar-refractivity contribution in [3.8, 4) is 11.3 Å². The molecule has 0 amide bonds. The second-order valence-corrected chi connectivity index (χ2v) is 7.47. The molecule has 27 heavy (non-hydrogen) atoms. The molecule has 0 bridgehead atoms. The van der Waals surface area contributed by atoms with Crippen LogP contribution in [0.15, 0.2) is 76.3 Å². The largest absolute Gasteiger partial charge is 0.387 e. The highest BCUT2D eigenvalue weighted by Gasteiger charge is 2.13. The van der Waals surface area contributed by atoms with Crippen molar-refractivity contribution < 1.29 is 5.11 Å². The number of rotatable bonds is 4. The van der Waals surface area contributed by atoms with Crippen molar-refractivity contribution in [2.24, 2.45) is 0 Å². The predicted octanol–water partition coefficient (Wildman–Crippen LogP) is 3.97. The lowest BCUT2D eigenvalue weighted by Crippen LogP contribution is -2.24. The van der Waals surface area contributed by atoms with E-state index in [1.54, 1.807) is 23.0 Å². The maximum Gasteiger partial charge on any atom is 0.276 e. The number of aromatic nitrogens is 3. The van der Waals surface area contributed by atoms with Crippen LogP contribution in [0, 0.1) is 6.92 Å². The number of hydrogen-bond donors (Lipinski definition) is 1. The summed E-state index contributed by atoms with van der Waals surface area (Å²) in [6.45, 7) is 2.21. The molecule has 0 saturated heterocycles. The number of aliphatic hydroxyl groups is 1. The van der Waals surface area contributed by atoms with Crippen LogP contribution in [0.3, 0.4) is 0 Å². The minimum Gasteiger partial charge on any atom is -0.387 e. The van der Waals surface area contributed by atoms with Gasteiger partial charge >= 0.3 is 0 Å². The second-order valence-electron chi connectivity index (χ2n) is 6.55. The van der Waals surface area contributed by atoms with Crippen molar-refractivity contribution in [3.05, 3.63) is 92.9 Å². The van der Waals surface area contributed by atoms with Crippen LogP contribution < -0.4 is 5.56 Å². The average Bonchev–Trinajstić information content (AvgIpc) is 3.10. The van der Waals surface area contributed by atoms with Gasteiger partial charge in [-0.25, -0.2) is 4.52 Å². The molecule has 2 heterocycles. The highest BCUT2D eigenvalue weighted by atomic mass is 79.9. The highest BCUT2D eigenvalue weighted by Crippen LogP contribution is 2.21. The maximum atomic E-state index is 12.8. The summed E-state index contributed by atoms with van der Waals surface area (Å²) < 4.78 is 3.99. The number of aliphatic hydroxyl groups excluding tert-OH is 1. The fourth-order valence-corrected chi connectivity index (χ4v) is 3.46. The summed E-state index contributed by atoms with van der Waals surface area (Å²) >= 11 is 3.40. The van der Waals surface area contributed by atoms with E-state index in [1.807, 2.05) is 55.5 Å². The Morgan fingerprint density at radius 2 is 1.89 bits per heavy atom. The maximum absolute atomic E-state index is 12.8. The average molecular weight is 424 g/mol. The van der Waals surface area contributed by atoms with Gasteiger partial charge in [0.1, 0.15) is 5.52 Å². The van der Waals surface area contributed by atoms with Crippen LogP contribution >= 0.6 is 15.9 Å². The van der Waals surface area contributed by atoms with Crippen LogP contribution in [0.2, 0.25) is 0 Å². The molecule has 0 radical (unpaired) electrons. The molecule has 136 valence electrons. The zero-order valence-corrected chi connectivity index (χ0v) is 16.3. The van der Waals surface area contributed by atoms with Crippen LogP contribution in [-0.2, 0) is 6.54 Å². The lowest BCUT2D eigenvalue weighted by atomic mass is 10.1. The third-order valence-electron chi connectivity index (χ3n) is 4.55. The van der Waals surface area contributed by atoms with E-state index >= 15 is 0 Å². The summed E-state index contributed by atoms with van der Waals surface area (Å²) in [4.78, 5) is 12.8. The molecule has 4 rings (SSSR count). The fourth-order valence-electron chi connectivity index (χ4n) is 3.04. The molecule has 4 aromatic rings. The van der Waals surface area contributed by atoms with Gasteiger partial charge in [-0.2, -0.15) is 5.10 Å². The predicted molar refractivity (Wildman–Crippen MR) is 109 cm³/mol. The van der Waals surface area contributed by atoms with E-state index < -0.39 is 6.10 Å². The van der Waals surface area contributed by atoms with Gasteiger partial charge in [0.05, 0.1) is 18.3 Å². The van der Waals surface area contributed by atoms with Crippen LogP contribution in [0.4, 0.5) is 0 Å². The second kappa shape index (κ2) is 7.13. The van der Waals surface area contributed by atoms with Crippen LogP contribution in [0.25, 0.3) is 16.8 Å². The molecular weight excluding hydrogens is 406 g/mol. The molecule has 0 saturated carbocycles. The molecule has 0 aliphatic heterocycles. The van der Waals surface area contributed by atoms with Crippen molar-refractivity contribution in [1.29, 1.82) is 0 Å². The molecule has 0 aliphatic rings. The Bertz CT molecular complexity index is 1160. The van der Waals surface area contributed by atoms with Gasteiger partial charge in [0.15, 0.2) is 0 Å². The Kier molecular flexibility index (Phi) is 4.68. The van der Waals surface area contributed by atoms with Gasteiger partial charge < -0.3 is 9.67 Å². The normalized spacial score (nSPS) is 12.4. The minimum atomic E-state index is -0.776. The van der Waals surface area contributed by atoms with Gasteiger partial charge in [0.25, 0.3) is 5.56 Å². The number of nitrogens with zero attached hydrogens (tertiary/aromatic N) is 3. The zero-order chi connectivity index (χ0) is 19.0. The first-order chi connectivity index (χ1) is 13.0. The molecule has 1 N–H and O–H groups in total. The van der Waals surface area contributed by atoms with Gasteiger partial charge in [0, 0.05) is 22.4 Å². The molecule has 2 aromatic carbocycles. The van der Waals surface area contributed by atoms with Gasteiger partial charge in [-0.1, -0.05) is 57.9 Å². The van der Waals surface area contributed by atoms with Crippen LogP contribution in [0.5, 0.6) is 0 Å². The zero-order valence-electron chi connectivity index (χ0n) is 14.7. The first-order valence-corrected chi connectivity index (χ1v) is 9.40. The third kappa shape index (κ3) is 3.59. The van der Waals surface area contributed by atoms with E-state index in [2.05, 4.69) is 21.0 Å². The summed E-state index contributed by atoms with van der Waals surface area (Å²) in [5.74, 6) is 0. The number of aryl methyl sites for hydroxylation is 1. The molecular formula is C21H18BrN3O2. The van der Waals surface area contributed by atoms with E-state index in [0.29, 0.717) is 5.52 Å². The topological polar surface area (TPSA) is 59.5 Å². The Balaban J connectivity index is 1.68. The summed E-state index contributed by atoms with van der Waals surface area (Å²) in [5, 5.41) is 15.0. The van der Waals surface area contributed by atoms with Gasteiger partial charge in [-0.15, -0.1) is 0 Å². The monoisotopic (exact) mass is 423 g/mol. The van der Waals surface area contributed by atoms with Gasteiger partial charge in [0.2, 0.25) is 0 Å². The first-order valence-electron chi connectivity index (χ1n) is 8.61. The molecule has 0 fully saturated rings. The lowest BCUT2D eigenvalue weighted by molar-refractivity contribution is 0.155. The van der Waals surface area contributed by atoms with E-state index in [4.69, 9.17) is 0 Å². The van der Waals surface area contributed by atoms with Crippen LogP contribution in [-0.4, -0.2) is 19.3 Å². The Morgan fingerprint density at radius 3 is 2.63 bits per heavy atom. The van der Waals surface area contributed by atoms with Crippen LogP contribution in [0.1, 0.15) is 17.2 Å². The highest BCUT2D eigenvalue weighted by molar-refractivity contribution is 9.10. The summed E-state index contributed by atoms with van der Waals surface area (Å²) in [6.07, 6.45) is 2.62. The molecule has 1 atom stereocenters. The SMILES string of the molecule is Cc1ccc(-c2cc3c(=O)n(C[C@H](O)c4cccc(Br)c4)ccn3n2)cc1. The lowest BCUT2D eigenvalue weighted by Gasteiger charge is -2.13. The smallest absolute Gasteiger partial charge is 0.276 e. The Hall–Kier alpha value is -2.70. The number of benzene rings is 2.